The molecule has 0 spiro atoms. The van der Waals surface area contributed by atoms with Gasteiger partial charge in [-0.05, 0) is 18.7 Å². The van der Waals surface area contributed by atoms with Crippen LogP contribution in [-0.2, 0) is 6.54 Å². The molecule has 0 aliphatic carbocycles. The van der Waals surface area contributed by atoms with Crippen LogP contribution in [0.1, 0.15) is 5.56 Å². The van der Waals surface area contributed by atoms with E-state index in [9.17, 15) is 0 Å². The summed E-state index contributed by atoms with van der Waals surface area (Å²) in [7, 11) is 1.91. The Bertz CT molecular complexity index is 395. The topological polar surface area (TPSA) is 55.6 Å². The molecule has 0 fully saturated rings. The van der Waals surface area contributed by atoms with Crippen molar-refractivity contribution in [3.05, 3.63) is 36.7 Å². The molecule has 0 saturated carbocycles. The van der Waals surface area contributed by atoms with E-state index in [0.717, 1.165) is 17.8 Å². The van der Waals surface area contributed by atoms with Gasteiger partial charge < -0.3 is 5.32 Å². The zero-order chi connectivity index (χ0) is 9.80. The molecule has 0 bridgehead atoms. The van der Waals surface area contributed by atoms with Gasteiger partial charge in [0.25, 0.3) is 0 Å². The lowest BCUT2D eigenvalue weighted by atomic mass is 10.2. The van der Waals surface area contributed by atoms with Gasteiger partial charge in [0.2, 0.25) is 0 Å². The molecular weight excluding hydrogens is 178 g/mol. The number of nitrogens with zero attached hydrogens (tertiary/aromatic N) is 4. The van der Waals surface area contributed by atoms with Crippen molar-refractivity contribution in [2.75, 3.05) is 7.05 Å². The van der Waals surface area contributed by atoms with Crippen LogP contribution in [-0.4, -0.2) is 26.8 Å². The fourth-order valence-corrected chi connectivity index (χ4v) is 1.29. The molecule has 0 atom stereocenters. The van der Waals surface area contributed by atoms with Crippen molar-refractivity contribution in [3.8, 4) is 5.69 Å². The van der Waals surface area contributed by atoms with E-state index in [1.165, 1.54) is 6.33 Å². The van der Waals surface area contributed by atoms with Crippen LogP contribution < -0.4 is 5.32 Å². The minimum absolute atomic E-state index is 0.789. The summed E-state index contributed by atoms with van der Waals surface area (Å²) in [6.45, 7) is 0.789. The molecule has 5 nitrogen and oxygen atoms in total. The van der Waals surface area contributed by atoms with Crippen molar-refractivity contribution in [3.63, 3.8) is 0 Å². The summed E-state index contributed by atoms with van der Waals surface area (Å²) in [6, 6.07) is 1.97. The molecule has 14 heavy (non-hydrogen) atoms. The summed E-state index contributed by atoms with van der Waals surface area (Å²) in [6.07, 6.45) is 6.72. The highest BCUT2D eigenvalue weighted by Gasteiger charge is 2.03. The van der Waals surface area contributed by atoms with Gasteiger partial charge in [0, 0.05) is 12.7 Å². The number of hydrogen-bond donors (Lipinski definition) is 1. The van der Waals surface area contributed by atoms with Gasteiger partial charge in [-0.3, -0.25) is 4.98 Å². The van der Waals surface area contributed by atoms with Crippen LogP contribution in [0.15, 0.2) is 31.1 Å². The summed E-state index contributed by atoms with van der Waals surface area (Å²) >= 11 is 0. The van der Waals surface area contributed by atoms with Gasteiger partial charge in [0.05, 0.1) is 11.9 Å². The monoisotopic (exact) mass is 189 g/mol. The number of nitrogens with one attached hydrogen (secondary N) is 1. The lowest BCUT2D eigenvalue weighted by molar-refractivity contribution is 0.784. The van der Waals surface area contributed by atoms with E-state index in [2.05, 4.69) is 20.4 Å². The molecule has 0 aliphatic rings. The smallest absolute Gasteiger partial charge is 0.138 e. The van der Waals surface area contributed by atoms with Gasteiger partial charge in [-0.1, -0.05) is 0 Å². The Hall–Kier alpha value is -1.75. The molecule has 5 heteroatoms. The number of hydrogen-bond acceptors (Lipinski definition) is 4. The third kappa shape index (κ3) is 1.62. The maximum Gasteiger partial charge on any atom is 0.138 e. The molecule has 0 amide bonds. The summed E-state index contributed by atoms with van der Waals surface area (Å²) in [5.41, 5.74) is 2.10. The van der Waals surface area contributed by atoms with E-state index < -0.39 is 0 Å². The minimum atomic E-state index is 0.789. The molecule has 0 unspecified atom stereocenters. The van der Waals surface area contributed by atoms with Crippen molar-refractivity contribution in [1.82, 2.24) is 25.1 Å². The molecule has 2 heterocycles. The average molecular weight is 189 g/mol. The fourth-order valence-electron chi connectivity index (χ4n) is 1.29. The first-order chi connectivity index (χ1) is 6.92. The zero-order valence-corrected chi connectivity index (χ0v) is 7.88. The number of aromatic nitrogens is 4. The number of pyridine rings is 1. The quantitative estimate of drug-likeness (QED) is 0.758. The van der Waals surface area contributed by atoms with Crippen molar-refractivity contribution in [1.29, 1.82) is 0 Å². The molecule has 2 rings (SSSR count). The molecule has 72 valence electrons. The fraction of sp³-hybridized carbons (Fsp3) is 0.222. The Morgan fingerprint density at radius 3 is 3.07 bits per heavy atom. The maximum atomic E-state index is 4.07. The van der Waals surface area contributed by atoms with Gasteiger partial charge in [-0.25, -0.2) is 9.67 Å². The third-order valence-corrected chi connectivity index (χ3v) is 1.92. The molecule has 0 aromatic carbocycles. The van der Waals surface area contributed by atoms with Gasteiger partial charge >= 0.3 is 0 Å². The second-order valence-corrected chi connectivity index (χ2v) is 2.87. The molecule has 1 N–H and O–H groups in total. The largest absolute Gasteiger partial charge is 0.316 e. The summed E-state index contributed by atoms with van der Waals surface area (Å²) in [4.78, 5) is 7.97. The Morgan fingerprint density at radius 1 is 1.43 bits per heavy atom. The van der Waals surface area contributed by atoms with E-state index in [4.69, 9.17) is 0 Å². The summed E-state index contributed by atoms with van der Waals surface area (Å²) < 4.78 is 1.71. The summed E-state index contributed by atoms with van der Waals surface area (Å²) in [5, 5.41) is 7.16. The van der Waals surface area contributed by atoms with Crippen LogP contribution >= 0.6 is 0 Å². The van der Waals surface area contributed by atoms with E-state index in [-0.39, 0.29) is 0 Å². The molecule has 0 saturated heterocycles. The lowest BCUT2D eigenvalue weighted by Gasteiger charge is -2.06. The predicted molar refractivity (Wildman–Crippen MR) is 51.9 cm³/mol. The van der Waals surface area contributed by atoms with Crippen LogP contribution in [0.3, 0.4) is 0 Å². The highest BCUT2D eigenvalue weighted by molar-refractivity contribution is 5.36. The zero-order valence-electron chi connectivity index (χ0n) is 7.88. The van der Waals surface area contributed by atoms with Crippen LogP contribution in [0.5, 0.6) is 0 Å². The lowest BCUT2D eigenvalue weighted by Crippen LogP contribution is -2.09. The van der Waals surface area contributed by atoms with Gasteiger partial charge in [0.15, 0.2) is 0 Å². The average Bonchev–Trinajstić information content (AvgIpc) is 2.72. The SMILES string of the molecule is CNCc1ccncc1-n1cncn1. The normalized spacial score (nSPS) is 10.4. The van der Waals surface area contributed by atoms with E-state index >= 15 is 0 Å². The predicted octanol–water partition coefficient (Wildman–Crippen LogP) is 0.382. The van der Waals surface area contributed by atoms with Gasteiger partial charge in [-0.2, -0.15) is 5.10 Å². The van der Waals surface area contributed by atoms with Crippen LogP contribution in [0.25, 0.3) is 5.69 Å². The Morgan fingerprint density at radius 2 is 2.36 bits per heavy atom. The van der Waals surface area contributed by atoms with E-state index in [0.29, 0.717) is 0 Å². The minimum Gasteiger partial charge on any atom is -0.316 e. The molecule has 2 aromatic rings. The second-order valence-electron chi connectivity index (χ2n) is 2.87. The van der Waals surface area contributed by atoms with Gasteiger partial charge in [0.1, 0.15) is 12.7 Å². The molecule has 2 aromatic heterocycles. The van der Waals surface area contributed by atoms with Crippen molar-refractivity contribution >= 4 is 0 Å². The maximum absolute atomic E-state index is 4.07. The van der Waals surface area contributed by atoms with E-state index in [1.54, 1.807) is 23.4 Å². The van der Waals surface area contributed by atoms with Crippen LogP contribution in [0.2, 0.25) is 0 Å². The standard InChI is InChI=1S/C9H11N5/c1-10-4-8-2-3-11-5-9(8)14-7-12-6-13-14/h2-3,5-7,10H,4H2,1H3. The van der Waals surface area contributed by atoms with Crippen molar-refractivity contribution in [2.45, 2.75) is 6.54 Å². The van der Waals surface area contributed by atoms with Crippen LogP contribution in [0, 0.1) is 0 Å². The molecular formula is C9H11N5. The molecule has 0 aliphatic heterocycles. The first-order valence-electron chi connectivity index (χ1n) is 4.34. The Balaban J connectivity index is 2.42. The Labute approximate surface area is 81.8 Å². The van der Waals surface area contributed by atoms with Gasteiger partial charge in [-0.15, -0.1) is 0 Å². The first-order valence-corrected chi connectivity index (χ1v) is 4.34. The van der Waals surface area contributed by atoms with Crippen LogP contribution in [0.4, 0.5) is 0 Å². The Kier molecular flexibility index (Phi) is 2.51. The molecule has 0 radical (unpaired) electrons. The van der Waals surface area contributed by atoms with Crippen molar-refractivity contribution in [2.24, 2.45) is 0 Å². The van der Waals surface area contributed by atoms with Crippen molar-refractivity contribution < 1.29 is 0 Å². The first kappa shape index (κ1) is 8.83. The highest BCUT2D eigenvalue weighted by atomic mass is 15.3. The highest BCUT2D eigenvalue weighted by Crippen LogP contribution is 2.10. The third-order valence-electron chi connectivity index (χ3n) is 1.92. The summed E-state index contributed by atoms with van der Waals surface area (Å²) in [5.74, 6) is 0. The number of rotatable bonds is 3. The second kappa shape index (κ2) is 3.97. The van der Waals surface area contributed by atoms with E-state index in [1.807, 2.05) is 13.1 Å².